The molecule has 0 bridgehead atoms. The van der Waals surface area contributed by atoms with Gasteiger partial charge in [0.05, 0.1) is 11.6 Å². The van der Waals surface area contributed by atoms with E-state index < -0.39 is 0 Å². The Balaban J connectivity index is 4.47. The van der Waals surface area contributed by atoms with Crippen LogP contribution in [0.3, 0.4) is 0 Å². The number of ether oxygens (including phenoxy) is 1. The number of hydrogen-bond acceptors (Lipinski definition) is 4. The second-order valence-electron chi connectivity index (χ2n) is 2.14. The van der Waals surface area contributed by atoms with Gasteiger partial charge in [-0.25, -0.2) is 0 Å². The number of hydrogen-bond donors (Lipinski definition) is 1. The maximum Gasteiger partial charge on any atom is 0.221 e. The Bertz CT molecular complexity index is 236. The molecule has 0 aromatic heterocycles. The molecule has 0 aliphatic rings. The summed E-state index contributed by atoms with van der Waals surface area (Å²) in [5.41, 5.74) is 0.802. The molecule has 3 nitrogen and oxygen atoms in total. The van der Waals surface area contributed by atoms with Gasteiger partial charge in [0.25, 0.3) is 0 Å². The minimum absolute atomic E-state index is 0.278. The van der Waals surface area contributed by atoms with Gasteiger partial charge in [0.1, 0.15) is 12.0 Å². The van der Waals surface area contributed by atoms with Crippen molar-refractivity contribution in [2.45, 2.75) is 6.92 Å². The van der Waals surface area contributed by atoms with Gasteiger partial charge < -0.3 is 8.92 Å². The molecule has 0 unspecified atom stereocenters. The highest BCUT2D eigenvalue weighted by Gasteiger charge is 2.01. The minimum atomic E-state index is 0.278. The van der Waals surface area contributed by atoms with Crippen LogP contribution in [0.2, 0.25) is 0 Å². The summed E-state index contributed by atoms with van der Waals surface area (Å²) in [7, 11) is 1.56. The third-order valence-corrected chi connectivity index (χ3v) is 1.94. The zero-order valence-electron chi connectivity index (χ0n) is 7.41. The monoisotopic (exact) mass is 266 g/mol. The van der Waals surface area contributed by atoms with E-state index in [2.05, 4.69) is 26.7 Å². The van der Waals surface area contributed by atoms with Gasteiger partial charge in [-0.1, -0.05) is 6.58 Å². The summed E-state index contributed by atoms with van der Waals surface area (Å²) < 4.78 is 18.5. The van der Waals surface area contributed by atoms with Crippen molar-refractivity contribution in [3.63, 3.8) is 0 Å². The Morgan fingerprint density at radius 2 is 2.23 bits per heavy atom. The maximum atomic E-state index is 8.25. The third-order valence-electron chi connectivity index (χ3n) is 1.12. The van der Waals surface area contributed by atoms with Crippen LogP contribution in [0.4, 0.5) is 0 Å². The van der Waals surface area contributed by atoms with Gasteiger partial charge in [-0.2, -0.15) is 0 Å². The van der Waals surface area contributed by atoms with Crippen molar-refractivity contribution in [1.29, 1.82) is 0 Å². The van der Waals surface area contributed by atoms with Crippen LogP contribution < -0.4 is 0 Å². The molecule has 0 aliphatic heterocycles. The Kier molecular flexibility index (Phi) is 6.84. The second kappa shape index (κ2) is 7.06. The normalized spacial score (nSPS) is 12.6. The standard InChI is InChI=1S/C8H11BrO3S/c1-6(2)8(11-3)7(9)4-5-12-13-10/h4-5,10H,1H2,2-3H3. The molecule has 0 aromatic carbocycles. The summed E-state index contributed by atoms with van der Waals surface area (Å²) in [5, 5.41) is 0. The quantitative estimate of drug-likeness (QED) is 0.470. The van der Waals surface area contributed by atoms with Gasteiger partial charge >= 0.3 is 0 Å². The molecule has 0 saturated carbocycles. The van der Waals surface area contributed by atoms with Crippen LogP contribution in [-0.4, -0.2) is 11.7 Å². The van der Waals surface area contributed by atoms with E-state index in [-0.39, 0.29) is 12.3 Å². The Morgan fingerprint density at radius 3 is 2.62 bits per heavy atom. The lowest BCUT2D eigenvalue weighted by Gasteiger charge is -2.05. The van der Waals surface area contributed by atoms with Crippen LogP contribution in [0.1, 0.15) is 6.92 Å². The van der Waals surface area contributed by atoms with Crippen molar-refractivity contribution in [1.82, 2.24) is 0 Å². The van der Waals surface area contributed by atoms with Gasteiger partial charge in [-0.15, -0.1) is 0 Å². The molecule has 0 spiro atoms. The minimum Gasteiger partial charge on any atom is -0.495 e. The molecule has 0 amide bonds. The summed E-state index contributed by atoms with van der Waals surface area (Å²) in [6.45, 7) is 5.56. The summed E-state index contributed by atoms with van der Waals surface area (Å²) in [5.74, 6) is 0.641. The molecule has 0 rings (SSSR count). The van der Waals surface area contributed by atoms with E-state index in [9.17, 15) is 0 Å². The van der Waals surface area contributed by atoms with E-state index >= 15 is 0 Å². The lowest BCUT2D eigenvalue weighted by atomic mass is 10.2. The molecule has 0 atom stereocenters. The molecular weight excluding hydrogens is 256 g/mol. The first-order valence-electron chi connectivity index (χ1n) is 3.36. The molecule has 0 fully saturated rings. The number of methoxy groups -OCH3 is 1. The zero-order valence-corrected chi connectivity index (χ0v) is 9.81. The first-order valence-corrected chi connectivity index (χ1v) is 4.85. The molecule has 0 aliphatic carbocycles. The fraction of sp³-hybridized carbons (Fsp3) is 0.250. The SMILES string of the molecule is C=C(C)C(OC)=C(Br)C=COSO. The van der Waals surface area contributed by atoms with Crippen molar-refractivity contribution >= 4 is 28.3 Å². The summed E-state index contributed by atoms with van der Waals surface area (Å²) >= 11 is 3.55. The van der Waals surface area contributed by atoms with Crippen LogP contribution in [0, 0.1) is 0 Å². The van der Waals surface area contributed by atoms with Crippen LogP contribution >= 0.6 is 28.3 Å². The predicted octanol–water partition coefficient (Wildman–Crippen LogP) is 3.47. The van der Waals surface area contributed by atoms with Crippen LogP contribution in [0.5, 0.6) is 0 Å². The van der Waals surface area contributed by atoms with E-state index in [4.69, 9.17) is 9.29 Å². The van der Waals surface area contributed by atoms with Crippen LogP contribution in [0.25, 0.3) is 0 Å². The van der Waals surface area contributed by atoms with Crippen molar-refractivity contribution in [3.05, 3.63) is 34.7 Å². The highest BCUT2D eigenvalue weighted by Crippen LogP contribution is 2.20. The van der Waals surface area contributed by atoms with Crippen LogP contribution in [-0.2, 0) is 8.92 Å². The molecule has 0 saturated heterocycles. The van der Waals surface area contributed by atoms with E-state index in [1.54, 1.807) is 13.2 Å². The van der Waals surface area contributed by atoms with Crippen molar-refractivity contribution in [3.8, 4) is 0 Å². The molecule has 0 radical (unpaired) electrons. The van der Waals surface area contributed by atoms with Gasteiger partial charge in [0, 0.05) is 0 Å². The first kappa shape index (κ1) is 12.6. The lowest BCUT2D eigenvalue weighted by molar-refractivity contribution is 0.300. The van der Waals surface area contributed by atoms with Crippen molar-refractivity contribution < 1.29 is 13.5 Å². The Hall–Kier alpha value is -0.390. The molecule has 0 heterocycles. The zero-order chi connectivity index (χ0) is 10.3. The molecular formula is C8H11BrO3S. The molecule has 74 valence electrons. The number of halogens is 1. The van der Waals surface area contributed by atoms with E-state index in [1.165, 1.54) is 6.26 Å². The number of allylic oxidation sites excluding steroid dienone is 3. The highest BCUT2D eigenvalue weighted by molar-refractivity contribution is 9.11. The highest BCUT2D eigenvalue weighted by atomic mass is 79.9. The molecule has 13 heavy (non-hydrogen) atoms. The van der Waals surface area contributed by atoms with Gasteiger partial charge in [0.2, 0.25) is 12.3 Å². The third kappa shape index (κ3) is 5.02. The maximum absolute atomic E-state index is 8.25. The topological polar surface area (TPSA) is 38.7 Å². The smallest absolute Gasteiger partial charge is 0.221 e. The number of rotatable bonds is 5. The predicted molar refractivity (Wildman–Crippen MR) is 58.2 cm³/mol. The largest absolute Gasteiger partial charge is 0.495 e. The molecule has 1 N–H and O–H groups in total. The Labute approximate surface area is 90.7 Å². The average Bonchev–Trinajstić information content (AvgIpc) is 2.05. The summed E-state index contributed by atoms with van der Waals surface area (Å²) in [4.78, 5) is 0. The second-order valence-corrected chi connectivity index (χ2v) is 3.33. The van der Waals surface area contributed by atoms with Crippen molar-refractivity contribution in [2.24, 2.45) is 0 Å². The van der Waals surface area contributed by atoms with E-state index in [1.807, 2.05) is 6.92 Å². The first-order chi connectivity index (χ1) is 6.13. The average molecular weight is 267 g/mol. The van der Waals surface area contributed by atoms with Gasteiger partial charge in [0.15, 0.2) is 0 Å². The van der Waals surface area contributed by atoms with Gasteiger partial charge in [-0.05, 0) is 34.5 Å². The van der Waals surface area contributed by atoms with Crippen LogP contribution in [0.15, 0.2) is 34.7 Å². The summed E-state index contributed by atoms with van der Waals surface area (Å²) in [6.07, 6.45) is 2.94. The fourth-order valence-electron chi connectivity index (χ4n) is 0.664. The van der Waals surface area contributed by atoms with E-state index in [0.29, 0.717) is 10.2 Å². The Morgan fingerprint density at radius 1 is 1.62 bits per heavy atom. The fourth-order valence-corrected chi connectivity index (χ4v) is 1.38. The van der Waals surface area contributed by atoms with Gasteiger partial charge in [-0.3, -0.25) is 4.55 Å². The summed E-state index contributed by atoms with van der Waals surface area (Å²) in [6, 6.07) is 0. The van der Waals surface area contributed by atoms with E-state index in [0.717, 1.165) is 5.57 Å². The lowest BCUT2D eigenvalue weighted by Crippen LogP contribution is -1.89. The molecule has 0 aromatic rings. The molecule has 5 heteroatoms. The van der Waals surface area contributed by atoms with Crippen molar-refractivity contribution in [2.75, 3.05) is 7.11 Å².